The Morgan fingerprint density at radius 1 is 1.50 bits per heavy atom. The third-order valence-electron chi connectivity index (χ3n) is 2.98. The van der Waals surface area contributed by atoms with Crippen LogP contribution in [0.4, 0.5) is 0 Å². The van der Waals surface area contributed by atoms with Crippen LogP contribution in [0.3, 0.4) is 0 Å². The van der Waals surface area contributed by atoms with Crippen LogP contribution in [0, 0.1) is 5.92 Å². The molecule has 0 aliphatic heterocycles. The molecular formula is C11H22N2O. The van der Waals surface area contributed by atoms with Crippen molar-refractivity contribution >= 4 is 5.91 Å². The molecule has 0 aromatic carbocycles. The first-order valence-corrected chi connectivity index (χ1v) is 5.73. The molecule has 1 fully saturated rings. The first-order chi connectivity index (χ1) is 6.70. The number of hydrogen-bond donors (Lipinski definition) is 2. The number of nitrogens with one attached hydrogen (secondary N) is 1. The molecule has 0 bridgehead atoms. The molecule has 1 rings (SSSR count). The first-order valence-electron chi connectivity index (χ1n) is 5.73. The fraction of sp³-hybridized carbons (Fsp3) is 0.909. The molecule has 1 amide bonds. The zero-order chi connectivity index (χ0) is 10.4. The van der Waals surface area contributed by atoms with Crippen LogP contribution < -0.4 is 11.1 Å². The van der Waals surface area contributed by atoms with E-state index in [0.29, 0.717) is 0 Å². The van der Waals surface area contributed by atoms with Gasteiger partial charge in [-0.1, -0.05) is 25.7 Å². The lowest BCUT2D eigenvalue weighted by molar-refractivity contribution is -0.121. The molecular weight excluding hydrogens is 176 g/mol. The molecule has 0 spiro atoms. The van der Waals surface area contributed by atoms with E-state index in [2.05, 4.69) is 5.32 Å². The van der Waals surface area contributed by atoms with Crippen LogP contribution in [0.1, 0.15) is 45.4 Å². The Hall–Kier alpha value is -0.570. The van der Waals surface area contributed by atoms with Crippen LogP contribution in [0.15, 0.2) is 0 Å². The lowest BCUT2D eigenvalue weighted by atomic mass is 10.0. The minimum absolute atomic E-state index is 0.0311. The van der Waals surface area contributed by atoms with Crippen molar-refractivity contribution < 1.29 is 4.79 Å². The van der Waals surface area contributed by atoms with Gasteiger partial charge in [0, 0.05) is 6.54 Å². The van der Waals surface area contributed by atoms with Gasteiger partial charge in [0.25, 0.3) is 0 Å². The van der Waals surface area contributed by atoms with Crippen molar-refractivity contribution in [2.75, 3.05) is 6.54 Å². The fourth-order valence-electron chi connectivity index (χ4n) is 2.06. The van der Waals surface area contributed by atoms with E-state index in [1.165, 1.54) is 32.1 Å². The number of nitrogens with two attached hydrogens (primary N) is 1. The van der Waals surface area contributed by atoms with Gasteiger partial charge >= 0.3 is 0 Å². The van der Waals surface area contributed by atoms with Crippen molar-refractivity contribution in [1.82, 2.24) is 5.32 Å². The van der Waals surface area contributed by atoms with Gasteiger partial charge in [-0.25, -0.2) is 0 Å². The Balaban J connectivity index is 1.96. The molecule has 1 unspecified atom stereocenters. The molecule has 0 heterocycles. The van der Waals surface area contributed by atoms with E-state index >= 15 is 0 Å². The van der Waals surface area contributed by atoms with Gasteiger partial charge in [-0.3, -0.25) is 4.79 Å². The molecule has 0 saturated heterocycles. The van der Waals surface area contributed by atoms with Gasteiger partial charge < -0.3 is 11.1 Å². The molecule has 1 aliphatic carbocycles. The minimum atomic E-state index is -0.374. The molecule has 82 valence electrons. The second-order valence-electron chi connectivity index (χ2n) is 4.37. The Labute approximate surface area is 86.4 Å². The number of hydrogen-bond acceptors (Lipinski definition) is 2. The number of amides is 1. The smallest absolute Gasteiger partial charge is 0.236 e. The standard InChI is InChI=1S/C11H22N2O/c1-9(12)11(14)13-8-4-7-10-5-2-3-6-10/h9-10H,2-8,12H2,1H3,(H,13,14). The third kappa shape index (κ3) is 4.09. The van der Waals surface area contributed by atoms with Crippen LogP contribution >= 0.6 is 0 Å². The Morgan fingerprint density at radius 3 is 2.71 bits per heavy atom. The summed E-state index contributed by atoms with van der Waals surface area (Å²) in [6.07, 6.45) is 7.94. The van der Waals surface area contributed by atoms with E-state index in [1.54, 1.807) is 6.92 Å². The van der Waals surface area contributed by atoms with Crippen molar-refractivity contribution in [3.05, 3.63) is 0 Å². The van der Waals surface area contributed by atoms with Gasteiger partial charge in [0.05, 0.1) is 6.04 Å². The lowest BCUT2D eigenvalue weighted by Gasteiger charge is -2.10. The second-order valence-corrected chi connectivity index (χ2v) is 4.37. The Morgan fingerprint density at radius 2 is 2.14 bits per heavy atom. The minimum Gasteiger partial charge on any atom is -0.355 e. The van der Waals surface area contributed by atoms with Crippen LogP contribution in [-0.2, 0) is 4.79 Å². The van der Waals surface area contributed by atoms with E-state index in [-0.39, 0.29) is 11.9 Å². The quantitative estimate of drug-likeness (QED) is 0.656. The molecule has 14 heavy (non-hydrogen) atoms. The monoisotopic (exact) mass is 198 g/mol. The average Bonchev–Trinajstić information content (AvgIpc) is 2.64. The summed E-state index contributed by atoms with van der Waals surface area (Å²) in [7, 11) is 0. The van der Waals surface area contributed by atoms with Crippen LogP contribution in [0.2, 0.25) is 0 Å². The van der Waals surface area contributed by atoms with E-state index < -0.39 is 0 Å². The largest absolute Gasteiger partial charge is 0.355 e. The van der Waals surface area contributed by atoms with Gasteiger partial charge in [0.1, 0.15) is 0 Å². The van der Waals surface area contributed by atoms with Gasteiger partial charge in [-0.15, -0.1) is 0 Å². The number of rotatable bonds is 5. The highest BCUT2D eigenvalue weighted by Gasteiger charge is 2.14. The second kappa shape index (κ2) is 6.02. The maximum absolute atomic E-state index is 11.1. The summed E-state index contributed by atoms with van der Waals surface area (Å²) in [6.45, 7) is 2.50. The molecule has 3 N–H and O–H groups in total. The molecule has 0 aromatic rings. The molecule has 1 aliphatic rings. The zero-order valence-electron chi connectivity index (χ0n) is 9.09. The summed E-state index contributed by atoms with van der Waals surface area (Å²) >= 11 is 0. The van der Waals surface area contributed by atoms with Gasteiger partial charge in [0.2, 0.25) is 5.91 Å². The highest BCUT2D eigenvalue weighted by molar-refractivity contribution is 5.80. The molecule has 3 nitrogen and oxygen atoms in total. The summed E-state index contributed by atoms with van der Waals surface area (Å²) in [5, 5.41) is 2.84. The van der Waals surface area contributed by atoms with Crippen LogP contribution in [0.5, 0.6) is 0 Å². The average molecular weight is 198 g/mol. The predicted molar refractivity (Wildman–Crippen MR) is 57.9 cm³/mol. The van der Waals surface area contributed by atoms with Crippen LogP contribution in [-0.4, -0.2) is 18.5 Å². The maximum Gasteiger partial charge on any atom is 0.236 e. The van der Waals surface area contributed by atoms with Gasteiger partial charge in [-0.05, 0) is 25.7 Å². The lowest BCUT2D eigenvalue weighted by Crippen LogP contribution is -2.38. The number of carbonyl (C=O) groups is 1. The summed E-state index contributed by atoms with van der Waals surface area (Å²) in [5.41, 5.74) is 5.43. The zero-order valence-corrected chi connectivity index (χ0v) is 9.09. The van der Waals surface area contributed by atoms with Crippen molar-refractivity contribution in [1.29, 1.82) is 0 Å². The van der Waals surface area contributed by atoms with Gasteiger partial charge in [0.15, 0.2) is 0 Å². The van der Waals surface area contributed by atoms with E-state index in [4.69, 9.17) is 5.73 Å². The first kappa shape index (κ1) is 11.5. The SMILES string of the molecule is CC(N)C(=O)NCCCC1CCCC1. The fourth-order valence-corrected chi connectivity index (χ4v) is 2.06. The molecule has 3 heteroatoms. The van der Waals surface area contributed by atoms with E-state index in [0.717, 1.165) is 18.9 Å². The molecule has 0 radical (unpaired) electrons. The maximum atomic E-state index is 11.1. The predicted octanol–water partition coefficient (Wildman–Crippen LogP) is 1.42. The van der Waals surface area contributed by atoms with Crippen LogP contribution in [0.25, 0.3) is 0 Å². The van der Waals surface area contributed by atoms with Gasteiger partial charge in [-0.2, -0.15) is 0 Å². The van der Waals surface area contributed by atoms with E-state index in [1.807, 2.05) is 0 Å². The van der Waals surface area contributed by atoms with Crippen molar-refractivity contribution in [2.45, 2.75) is 51.5 Å². The normalized spacial score (nSPS) is 19.6. The highest BCUT2D eigenvalue weighted by Crippen LogP contribution is 2.28. The Kier molecular flexibility index (Phi) is 4.94. The summed E-state index contributed by atoms with van der Waals surface area (Å²) < 4.78 is 0. The third-order valence-corrected chi connectivity index (χ3v) is 2.98. The van der Waals surface area contributed by atoms with Crippen molar-refractivity contribution in [3.63, 3.8) is 0 Å². The summed E-state index contributed by atoms with van der Waals surface area (Å²) in [6, 6.07) is -0.374. The Bertz CT molecular complexity index is 174. The highest BCUT2D eigenvalue weighted by atomic mass is 16.2. The molecule has 1 saturated carbocycles. The molecule has 0 aromatic heterocycles. The summed E-state index contributed by atoms with van der Waals surface area (Å²) in [4.78, 5) is 11.1. The molecule has 1 atom stereocenters. The van der Waals surface area contributed by atoms with E-state index in [9.17, 15) is 4.79 Å². The topological polar surface area (TPSA) is 55.1 Å². The summed E-state index contributed by atoms with van der Waals surface area (Å²) in [5.74, 6) is 0.888. The number of carbonyl (C=O) groups excluding carboxylic acids is 1. The van der Waals surface area contributed by atoms with Crippen molar-refractivity contribution in [3.8, 4) is 0 Å². The van der Waals surface area contributed by atoms with Crippen molar-refractivity contribution in [2.24, 2.45) is 11.7 Å².